The number of benzene rings is 2. The van der Waals surface area contributed by atoms with Gasteiger partial charge in [-0.15, -0.1) is 0 Å². The highest BCUT2D eigenvalue weighted by molar-refractivity contribution is 5.70. The number of rotatable bonds is 6. The summed E-state index contributed by atoms with van der Waals surface area (Å²) in [7, 11) is 1.72. The quantitative estimate of drug-likeness (QED) is 0.838. The molecule has 2 rings (SSSR count). The molecule has 0 bridgehead atoms. The van der Waals surface area contributed by atoms with Gasteiger partial charge in [-0.2, -0.15) is 0 Å². The van der Waals surface area contributed by atoms with Crippen LogP contribution < -0.4 is 10.1 Å². The summed E-state index contributed by atoms with van der Waals surface area (Å²) in [4.78, 5) is 0. The largest absolute Gasteiger partial charge is 0.496 e. The van der Waals surface area contributed by atoms with E-state index in [1.807, 2.05) is 18.2 Å². The second-order valence-electron chi connectivity index (χ2n) is 5.00. The summed E-state index contributed by atoms with van der Waals surface area (Å²) in [6.45, 7) is 5.43. The number of hydrogen-bond donors (Lipinski definition) is 1. The minimum atomic E-state index is 0.365. The number of hydrogen-bond acceptors (Lipinski definition) is 2. The molecule has 0 spiro atoms. The Bertz CT molecular complexity index is 551. The SMILES string of the molecule is CCCNC(C)c1cccc(-c2ccccc2OC)c1. The Hall–Kier alpha value is -1.80. The molecule has 0 amide bonds. The van der Waals surface area contributed by atoms with Crippen LogP contribution in [0.15, 0.2) is 48.5 Å². The van der Waals surface area contributed by atoms with Crippen molar-refractivity contribution in [3.63, 3.8) is 0 Å². The second kappa shape index (κ2) is 7.11. The van der Waals surface area contributed by atoms with Crippen molar-refractivity contribution in [3.05, 3.63) is 54.1 Å². The number of para-hydroxylation sites is 1. The fraction of sp³-hybridized carbons (Fsp3) is 0.333. The third-order valence-corrected chi connectivity index (χ3v) is 3.51. The minimum Gasteiger partial charge on any atom is -0.496 e. The first-order valence-electron chi connectivity index (χ1n) is 7.23. The highest BCUT2D eigenvalue weighted by atomic mass is 16.5. The molecule has 1 N–H and O–H groups in total. The Kier molecular flexibility index (Phi) is 5.19. The van der Waals surface area contributed by atoms with E-state index in [9.17, 15) is 0 Å². The Morgan fingerprint density at radius 1 is 1.10 bits per heavy atom. The van der Waals surface area contributed by atoms with E-state index in [1.165, 1.54) is 11.1 Å². The molecule has 0 aromatic heterocycles. The fourth-order valence-corrected chi connectivity index (χ4v) is 2.34. The summed E-state index contributed by atoms with van der Waals surface area (Å²) in [6.07, 6.45) is 1.15. The lowest BCUT2D eigenvalue weighted by atomic mass is 9.99. The summed E-state index contributed by atoms with van der Waals surface area (Å²) < 4.78 is 5.45. The van der Waals surface area contributed by atoms with Gasteiger partial charge >= 0.3 is 0 Å². The lowest BCUT2D eigenvalue weighted by Gasteiger charge is -2.15. The summed E-state index contributed by atoms with van der Waals surface area (Å²) >= 11 is 0. The standard InChI is InChI=1S/C18H23NO/c1-4-12-19-14(2)15-8-7-9-16(13-15)17-10-5-6-11-18(17)20-3/h5-11,13-14,19H,4,12H2,1-3H3. The normalized spacial score (nSPS) is 12.2. The van der Waals surface area contributed by atoms with E-state index < -0.39 is 0 Å². The molecule has 0 aliphatic heterocycles. The predicted octanol–water partition coefficient (Wildman–Crippen LogP) is 4.42. The van der Waals surface area contributed by atoms with Crippen molar-refractivity contribution < 1.29 is 4.74 Å². The zero-order valence-corrected chi connectivity index (χ0v) is 12.5. The molecular weight excluding hydrogens is 246 g/mol. The van der Waals surface area contributed by atoms with Crippen LogP contribution in [0.1, 0.15) is 31.9 Å². The molecule has 0 aliphatic carbocycles. The number of nitrogens with one attached hydrogen (secondary N) is 1. The van der Waals surface area contributed by atoms with Crippen molar-refractivity contribution in [2.75, 3.05) is 13.7 Å². The Balaban J connectivity index is 2.29. The molecule has 0 heterocycles. The first-order valence-corrected chi connectivity index (χ1v) is 7.23. The average molecular weight is 269 g/mol. The lowest BCUT2D eigenvalue weighted by molar-refractivity contribution is 0.416. The van der Waals surface area contributed by atoms with Gasteiger partial charge in [0, 0.05) is 11.6 Å². The monoisotopic (exact) mass is 269 g/mol. The van der Waals surface area contributed by atoms with Gasteiger partial charge in [0.05, 0.1) is 7.11 Å². The van der Waals surface area contributed by atoms with E-state index in [1.54, 1.807) is 7.11 Å². The van der Waals surface area contributed by atoms with Gasteiger partial charge in [-0.25, -0.2) is 0 Å². The van der Waals surface area contributed by atoms with Gasteiger partial charge in [0.1, 0.15) is 5.75 Å². The molecule has 0 radical (unpaired) electrons. The van der Waals surface area contributed by atoms with Crippen LogP contribution in [-0.2, 0) is 0 Å². The maximum Gasteiger partial charge on any atom is 0.126 e. The van der Waals surface area contributed by atoms with Crippen LogP contribution >= 0.6 is 0 Å². The van der Waals surface area contributed by atoms with Gasteiger partial charge in [0.2, 0.25) is 0 Å². The van der Waals surface area contributed by atoms with Gasteiger partial charge in [0.15, 0.2) is 0 Å². The fourth-order valence-electron chi connectivity index (χ4n) is 2.34. The van der Waals surface area contributed by atoms with Gasteiger partial charge in [-0.1, -0.05) is 43.3 Å². The predicted molar refractivity (Wildman–Crippen MR) is 85.1 cm³/mol. The van der Waals surface area contributed by atoms with Crippen molar-refractivity contribution >= 4 is 0 Å². The molecule has 2 nitrogen and oxygen atoms in total. The van der Waals surface area contributed by atoms with Gasteiger partial charge in [-0.3, -0.25) is 0 Å². The zero-order chi connectivity index (χ0) is 14.4. The molecule has 0 saturated heterocycles. The number of methoxy groups -OCH3 is 1. The van der Waals surface area contributed by atoms with Crippen LogP contribution in [0.3, 0.4) is 0 Å². The molecule has 0 aliphatic rings. The Labute approximate surface area is 121 Å². The van der Waals surface area contributed by atoms with Gasteiger partial charge in [-0.05, 0) is 43.1 Å². The highest BCUT2D eigenvalue weighted by Gasteiger charge is 2.08. The van der Waals surface area contributed by atoms with Crippen LogP contribution in [0.25, 0.3) is 11.1 Å². The van der Waals surface area contributed by atoms with Crippen LogP contribution in [0, 0.1) is 0 Å². The molecule has 2 aromatic rings. The molecule has 2 aromatic carbocycles. The topological polar surface area (TPSA) is 21.3 Å². The highest BCUT2D eigenvalue weighted by Crippen LogP contribution is 2.30. The Morgan fingerprint density at radius 3 is 2.65 bits per heavy atom. The van der Waals surface area contributed by atoms with Crippen molar-refractivity contribution in [2.45, 2.75) is 26.3 Å². The average Bonchev–Trinajstić information content (AvgIpc) is 2.52. The second-order valence-corrected chi connectivity index (χ2v) is 5.00. The van der Waals surface area contributed by atoms with Crippen LogP contribution in [0.5, 0.6) is 5.75 Å². The smallest absolute Gasteiger partial charge is 0.126 e. The first kappa shape index (κ1) is 14.6. The van der Waals surface area contributed by atoms with E-state index in [4.69, 9.17) is 4.74 Å². The molecule has 1 atom stereocenters. The van der Waals surface area contributed by atoms with Crippen LogP contribution in [0.2, 0.25) is 0 Å². The van der Waals surface area contributed by atoms with Gasteiger partial charge in [0.25, 0.3) is 0 Å². The molecule has 20 heavy (non-hydrogen) atoms. The van der Waals surface area contributed by atoms with E-state index >= 15 is 0 Å². The Morgan fingerprint density at radius 2 is 1.90 bits per heavy atom. The van der Waals surface area contributed by atoms with E-state index in [0.29, 0.717) is 6.04 Å². The zero-order valence-electron chi connectivity index (χ0n) is 12.5. The van der Waals surface area contributed by atoms with E-state index in [-0.39, 0.29) is 0 Å². The lowest BCUT2D eigenvalue weighted by Crippen LogP contribution is -2.19. The van der Waals surface area contributed by atoms with Crippen LogP contribution in [0.4, 0.5) is 0 Å². The molecule has 106 valence electrons. The van der Waals surface area contributed by atoms with Crippen LogP contribution in [-0.4, -0.2) is 13.7 Å². The van der Waals surface area contributed by atoms with Crippen molar-refractivity contribution in [1.82, 2.24) is 5.32 Å². The van der Waals surface area contributed by atoms with Crippen molar-refractivity contribution in [2.24, 2.45) is 0 Å². The molecular formula is C18H23NO. The maximum absolute atomic E-state index is 5.45. The number of ether oxygens (including phenoxy) is 1. The van der Waals surface area contributed by atoms with Crippen molar-refractivity contribution in [1.29, 1.82) is 0 Å². The summed E-state index contributed by atoms with van der Waals surface area (Å²) in [5.41, 5.74) is 3.64. The summed E-state index contributed by atoms with van der Waals surface area (Å²) in [5.74, 6) is 0.916. The molecule has 2 heteroatoms. The van der Waals surface area contributed by atoms with E-state index in [2.05, 4.69) is 49.5 Å². The third kappa shape index (κ3) is 3.40. The minimum absolute atomic E-state index is 0.365. The molecule has 0 fully saturated rings. The van der Waals surface area contributed by atoms with Gasteiger partial charge < -0.3 is 10.1 Å². The van der Waals surface area contributed by atoms with E-state index in [0.717, 1.165) is 24.3 Å². The first-order chi connectivity index (χ1) is 9.76. The third-order valence-electron chi connectivity index (χ3n) is 3.51. The summed E-state index contributed by atoms with van der Waals surface area (Å²) in [6, 6.07) is 17.2. The van der Waals surface area contributed by atoms with Crippen molar-refractivity contribution in [3.8, 4) is 16.9 Å². The maximum atomic E-state index is 5.45. The summed E-state index contributed by atoms with van der Waals surface area (Å²) in [5, 5.41) is 3.52. The molecule has 1 unspecified atom stereocenters. The molecule has 0 saturated carbocycles.